The second-order valence-corrected chi connectivity index (χ2v) is 9.43. The molecule has 1 aromatic carbocycles. The third kappa shape index (κ3) is 6.25. The minimum atomic E-state index is 0.0526. The SMILES string of the molecule is CC[C@]1(C)C[C@](CCN[C@H](C)c2ccc(Cl)cc2)(CCC(C)C)CCO1. The smallest absolute Gasteiger partial charge is 0.0657 e. The first kappa shape index (κ1) is 21.7. The van der Waals surface area contributed by atoms with Crippen LogP contribution >= 0.6 is 11.6 Å². The van der Waals surface area contributed by atoms with Gasteiger partial charge < -0.3 is 10.1 Å². The molecule has 0 aliphatic carbocycles. The van der Waals surface area contributed by atoms with Crippen molar-refractivity contribution < 1.29 is 4.74 Å². The van der Waals surface area contributed by atoms with Crippen molar-refractivity contribution in [1.82, 2.24) is 5.32 Å². The summed E-state index contributed by atoms with van der Waals surface area (Å²) in [6, 6.07) is 8.55. The van der Waals surface area contributed by atoms with Gasteiger partial charge >= 0.3 is 0 Å². The number of rotatable bonds is 9. The number of hydrogen-bond acceptors (Lipinski definition) is 2. The first-order chi connectivity index (χ1) is 12.3. The third-order valence-corrected chi connectivity index (χ3v) is 6.56. The highest BCUT2D eigenvalue weighted by molar-refractivity contribution is 6.30. The summed E-state index contributed by atoms with van der Waals surface area (Å²) < 4.78 is 6.15. The molecule has 3 atom stereocenters. The van der Waals surface area contributed by atoms with Crippen LogP contribution in [0.25, 0.3) is 0 Å². The van der Waals surface area contributed by atoms with E-state index in [2.05, 4.69) is 52.1 Å². The van der Waals surface area contributed by atoms with Gasteiger partial charge in [0, 0.05) is 17.7 Å². The first-order valence-electron chi connectivity index (χ1n) is 10.4. The number of halogens is 1. The Morgan fingerprint density at radius 1 is 1.15 bits per heavy atom. The quantitative estimate of drug-likeness (QED) is 0.510. The minimum Gasteiger partial charge on any atom is -0.375 e. The highest BCUT2D eigenvalue weighted by atomic mass is 35.5. The molecule has 1 saturated heterocycles. The number of benzene rings is 1. The molecule has 0 saturated carbocycles. The molecule has 1 heterocycles. The summed E-state index contributed by atoms with van der Waals surface area (Å²) in [5, 5.41) is 4.54. The molecule has 0 amide bonds. The zero-order valence-electron chi connectivity index (χ0n) is 17.4. The van der Waals surface area contributed by atoms with Gasteiger partial charge in [0.15, 0.2) is 0 Å². The molecule has 0 radical (unpaired) electrons. The van der Waals surface area contributed by atoms with E-state index in [0.29, 0.717) is 11.5 Å². The van der Waals surface area contributed by atoms with Crippen molar-refractivity contribution in [1.29, 1.82) is 0 Å². The molecule has 1 aliphatic heterocycles. The van der Waals surface area contributed by atoms with E-state index in [-0.39, 0.29) is 5.60 Å². The molecule has 1 fully saturated rings. The van der Waals surface area contributed by atoms with Crippen LogP contribution in [0.3, 0.4) is 0 Å². The standard InChI is InChI=1S/C23H38ClNO/c1-6-22(5)17-23(14-16-26-22,12-11-18(2)3)13-15-25-19(4)20-7-9-21(24)10-8-20/h7-10,18-19,25H,6,11-17H2,1-5H3/t19-,22-,23+/m1/s1. The Hall–Kier alpha value is -0.570. The summed E-state index contributed by atoms with van der Waals surface area (Å²) >= 11 is 6.01. The van der Waals surface area contributed by atoms with Gasteiger partial charge in [-0.1, -0.05) is 50.9 Å². The Labute approximate surface area is 166 Å². The molecule has 3 heteroatoms. The number of hydrogen-bond donors (Lipinski definition) is 1. The van der Waals surface area contributed by atoms with Crippen LogP contribution in [0, 0.1) is 11.3 Å². The van der Waals surface area contributed by atoms with Gasteiger partial charge in [-0.25, -0.2) is 0 Å². The van der Waals surface area contributed by atoms with Gasteiger partial charge in [0.25, 0.3) is 0 Å². The topological polar surface area (TPSA) is 21.3 Å². The lowest BCUT2D eigenvalue weighted by Crippen LogP contribution is -2.44. The second-order valence-electron chi connectivity index (χ2n) is 8.99. The maximum Gasteiger partial charge on any atom is 0.0657 e. The van der Waals surface area contributed by atoms with Crippen LogP contribution in [-0.2, 0) is 4.74 Å². The van der Waals surface area contributed by atoms with Crippen LogP contribution in [0.5, 0.6) is 0 Å². The van der Waals surface area contributed by atoms with E-state index in [1.807, 2.05) is 12.1 Å². The van der Waals surface area contributed by atoms with E-state index < -0.39 is 0 Å². The minimum absolute atomic E-state index is 0.0526. The predicted molar refractivity (Wildman–Crippen MR) is 113 cm³/mol. The van der Waals surface area contributed by atoms with Gasteiger partial charge in [-0.15, -0.1) is 0 Å². The summed E-state index contributed by atoms with van der Waals surface area (Å²) in [5.41, 5.74) is 1.77. The van der Waals surface area contributed by atoms with Crippen molar-refractivity contribution in [2.24, 2.45) is 11.3 Å². The molecule has 2 nitrogen and oxygen atoms in total. The summed E-state index contributed by atoms with van der Waals surface area (Å²) in [5.74, 6) is 0.767. The summed E-state index contributed by atoms with van der Waals surface area (Å²) in [6.45, 7) is 13.5. The highest BCUT2D eigenvalue weighted by Gasteiger charge is 2.41. The molecular weight excluding hydrogens is 342 g/mol. The van der Waals surface area contributed by atoms with Crippen LogP contribution in [0.15, 0.2) is 24.3 Å². The van der Waals surface area contributed by atoms with Crippen molar-refractivity contribution in [3.05, 3.63) is 34.9 Å². The zero-order valence-corrected chi connectivity index (χ0v) is 18.2. The molecule has 148 valence electrons. The van der Waals surface area contributed by atoms with E-state index in [1.165, 1.54) is 37.7 Å². The fourth-order valence-corrected chi connectivity index (χ4v) is 4.37. The lowest BCUT2D eigenvalue weighted by atomic mass is 9.67. The average Bonchev–Trinajstić information content (AvgIpc) is 2.61. The molecule has 0 unspecified atom stereocenters. The number of ether oxygens (including phenoxy) is 1. The molecule has 1 aromatic rings. The predicted octanol–water partition coefficient (Wildman–Crippen LogP) is 6.78. The fourth-order valence-electron chi connectivity index (χ4n) is 4.24. The number of nitrogens with one attached hydrogen (secondary N) is 1. The first-order valence-corrected chi connectivity index (χ1v) is 10.8. The Balaban J connectivity index is 1.96. The fraction of sp³-hybridized carbons (Fsp3) is 0.739. The Morgan fingerprint density at radius 3 is 2.46 bits per heavy atom. The zero-order chi connectivity index (χ0) is 19.2. The van der Waals surface area contributed by atoms with E-state index in [9.17, 15) is 0 Å². The van der Waals surface area contributed by atoms with Gasteiger partial charge in [-0.05, 0) is 81.5 Å². The van der Waals surface area contributed by atoms with E-state index in [4.69, 9.17) is 16.3 Å². The lowest BCUT2D eigenvalue weighted by molar-refractivity contribution is -0.123. The van der Waals surface area contributed by atoms with E-state index in [0.717, 1.165) is 30.5 Å². The van der Waals surface area contributed by atoms with Crippen molar-refractivity contribution in [3.63, 3.8) is 0 Å². The highest BCUT2D eigenvalue weighted by Crippen LogP contribution is 2.46. The second kappa shape index (κ2) is 9.57. The Bertz CT molecular complexity index is 544. The Kier molecular flexibility index (Phi) is 8.00. The third-order valence-electron chi connectivity index (χ3n) is 6.31. The molecule has 0 spiro atoms. The van der Waals surface area contributed by atoms with Gasteiger partial charge in [-0.3, -0.25) is 0 Å². The molecule has 0 aromatic heterocycles. The van der Waals surface area contributed by atoms with Crippen molar-refractivity contribution >= 4 is 11.6 Å². The lowest BCUT2D eigenvalue weighted by Gasteiger charge is -2.47. The van der Waals surface area contributed by atoms with Crippen LogP contribution in [0.4, 0.5) is 0 Å². The summed E-state index contributed by atoms with van der Waals surface area (Å²) in [7, 11) is 0. The van der Waals surface area contributed by atoms with Gasteiger partial charge in [-0.2, -0.15) is 0 Å². The van der Waals surface area contributed by atoms with E-state index >= 15 is 0 Å². The van der Waals surface area contributed by atoms with Crippen LogP contribution < -0.4 is 5.32 Å². The maximum absolute atomic E-state index is 6.15. The molecule has 1 N–H and O–H groups in total. The summed E-state index contributed by atoms with van der Waals surface area (Å²) in [6.07, 6.45) is 7.36. The Morgan fingerprint density at radius 2 is 1.85 bits per heavy atom. The largest absolute Gasteiger partial charge is 0.375 e. The average molecular weight is 380 g/mol. The van der Waals surface area contributed by atoms with Gasteiger partial charge in [0.05, 0.1) is 5.60 Å². The maximum atomic E-state index is 6.15. The normalized spacial score (nSPS) is 27.7. The molecule has 2 rings (SSSR count). The van der Waals surface area contributed by atoms with Gasteiger partial charge in [0.1, 0.15) is 0 Å². The van der Waals surface area contributed by atoms with Gasteiger partial charge in [0.2, 0.25) is 0 Å². The molecule has 1 aliphatic rings. The summed E-state index contributed by atoms with van der Waals surface area (Å²) in [4.78, 5) is 0. The van der Waals surface area contributed by atoms with Crippen molar-refractivity contribution in [3.8, 4) is 0 Å². The van der Waals surface area contributed by atoms with Crippen LogP contribution in [-0.4, -0.2) is 18.8 Å². The van der Waals surface area contributed by atoms with Crippen LogP contribution in [0.2, 0.25) is 5.02 Å². The van der Waals surface area contributed by atoms with Crippen molar-refractivity contribution in [2.75, 3.05) is 13.2 Å². The van der Waals surface area contributed by atoms with Crippen LogP contribution in [0.1, 0.15) is 84.7 Å². The van der Waals surface area contributed by atoms with Crippen molar-refractivity contribution in [2.45, 2.75) is 84.8 Å². The molecule has 26 heavy (non-hydrogen) atoms. The van der Waals surface area contributed by atoms with E-state index in [1.54, 1.807) is 0 Å². The molecule has 0 bridgehead atoms. The molecular formula is C23H38ClNO. The monoisotopic (exact) mass is 379 g/mol.